The Balaban J connectivity index is 1.31. The number of carbonyl (C=O) groups is 2. The summed E-state index contributed by atoms with van der Waals surface area (Å²) < 4.78 is 0. The largest absolute Gasteiger partial charge is 0.337 e. The van der Waals surface area contributed by atoms with Gasteiger partial charge < -0.3 is 4.90 Å². The van der Waals surface area contributed by atoms with Crippen LogP contribution in [0.3, 0.4) is 0 Å². The first-order chi connectivity index (χ1) is 14.2. The Kier molecular flexibility index (Phi) is 5.95. The molecule has 0 spiro atoms. The smallest absolute Gasteiger partial charge is 0.276 e. The maximum absolute atomic E-state index is 12.6. The number of aromatic nitrogens is 2. The average molecular weight is 407 g/mol. The summed E-state index contributed by atoms with van der Waals surface area (Å²) in [6.07, 6.45) is 4.61. The lowest BCUT2D eigenvalue weighted by Crippen LogP contribution is -2.35. The van der Waals surface area contributed by atoms with Crippen molar-refractivity contribution in [2.24, 2.45) is 0 Å². The quantitative estimate of drug-likeness (QED) is 0.677. The lowest BCUT2D eigenvalue weighted by atomic mass is 10.1. The third-order valence-corrected chi connectivity index (χ3v) is 5.90. The molecule has 6 nitrogen and oxygen atoms in total. The molecule has 2 aromatic heterocycles. The molecule has 0 saturated heterocycles. The zero-order valence-corrected chi connectivity index (χ0v) is 16.8. The highest BCUT2D eigenvalue weighted by atomic mass is 32.1. The Bertz CT molecular complexity index is 989. The van der Waals surface area contributed by atoms with Gasteiger partial charge in [-0.05, 0) is 30.5 Å². The number of hydrogen-bond acceptors (Lipinski definition) is 5. The highest BCUT2D eigenvalue weighted by Crippen LogP contribution is 2.29. The summed E-state index contributed by atoms with van der Waals surface area (Å²) in [4.78, 5) is 36.4. The summed E-state index contributed by atoms with van der Waals surface area (Å²) in [7, 11) is 0. The van der Waals surface area contributed by atoms with E-state index in [1.807, 2.05) is 23.1 Å². The summed E-state index contributed by atoms with van der Waals surface area (Å²) in [6.45, 7) is 1.24. The molecule has 4 rings (SSSR count). The van der Waals surface area contributed by atoms with Crippen LogP contribution in [0.5, 0.6) is 0 Å². The van der Waals surface area contributed by atoms with E-state index >= 15 is 0 Å². The molecule has 3 heterocycles. The molecule has 0 fully saturated rings. The molecular weight excluding hydrogens is 384 g/mol. The number of thiazole rings is 1. The van der Waals surface area contributed by atoms with Crippen LogP contribution in [0.15, 0.2) is 54.7 Å². The minimum atomic E-state index is -0.273. The summed E-state index contributed by atoms with van der Waals surface area (Å²) >= 11 is 1.44. The molecule has 1 aliphatic heterocycles. The van der Waals surface area contributed by atoms with E-state index in [0.717, 1.165) is 29.8 Å². The van der Waals surface area contributed by atoms with Gasteiger partial charge in [-0.2, -0.15) is 0 Å². The van der Waals surface area contributed by atoms with E-state index in [-0.39, 0.29) is 11.8 Å². The van der Waals surface area contributed by atoms with Crippen molar-refractivity contribution in [2.45, 2.75) is 32.2 Å². The number of nitrogens with one attached hydrogen (secondary N) is 1. The fourth-order valence-corrected chi connectivity index (χ4v) is 4.39. The second-order valence-electron chi connectivity index (χ2n) is 6.96. The molecule has 29 heavy (non-hydrogen) atoms. The SMILES string of the molecule is O=C(Nc1nc2c(s1)CN(C(=O)CCCc1ccccc1)CC2)c1ccccn1. The van der Waals surface area contributed by atoms with Gasteiger partial charge in [-0.3, -0.25) is 19.9 Å². The average Bonchev–Trinajstić information content (AvgIpc) is 3.16. The lowest BCUT2D eigenvalue weighted by Gasteiger charge is -2.26. The third-order valence-electron chi connectivity index (χ3n) is 4.90. The fourth-order valence-electron chi connectivity index (χ4n) is 3.37. The predicted molar refractivity (Wildman–Crippen MR) is 113 cm³/mol. The van der Waals surface area contributed by atoms with Gasteiger partial charge in [-0.1, -0.05) is 47.7 Å². The van der Waals surface area contributed by atoms with E-state index in [1.165, 1.54) is 16.9 Å². The molecule has 3 aromatic rings. The van der Waals surface area contributed by atoms with Crippen molar-refractivity contribution in [3.05, 3.63) is 76.6 Å². The number of benzene rings is 1. The number of rotatable bonds is 6. The van der Waals surface area contributed by atoms with Crippen molar-refractivity contribution in [1.29, 1.82) is 0 Å². The van der Waals surface area contributed by atoms with Gasteiger partial charge in [-0.15, -0.1) is 0 Å². The zero-order chi connectivity index (χ0) is 20.1. The molecule has 0 unspecified atom stereocenters. The first-order valence-corrected chi connectivity index (χ1v) is 10.5. The number of nitrogens with zero attached hydrogens (tertiary/aromatic N) is 3. The first-order valence-electron chi connectivity index (χ1n) is 9.72. The molecule has 1 aliphatic rings. The summed E-state index contributed by atoms with van der Waals surface area (Å²) in [6, 6.07) is 15.4. The van der Waals surface area contributed by atoms with Crippen molar-refractivity contribution in [3.63, 3.8) is 0 Å². The molecule has 2 amide bonds. The Morgan fingerprint density at radius 3 is 2.72 bits per heavy atom. The highest BCUT2D eigenvalue weighted by Gasteiger charge is 2.24. The Morgan fingerprint density at radius 1 is 1.10 bits per heavy atom. The number of fused-ring (bicyclic) bond motifs is 1. The number of pyridine rings is 1. The van der Waals surface area contributed by atoms with E-state index in [9.17, 15) is 9.59 Å². The third kappa shape index (κ3) is 4.86. The van der Waals surface area contributed by atoms with Gasteiger partial charge in [0.15, 0.2) is 5.13 Å². The van der Waals surface area contributed by atoms with Crippen molar-refractivity contribution in [1.82, 2.24) is 14.9 Å². The van der Waals surface area contributed by atoms with E-state index < -0.39 is 0 Å². The monoisotopic (exact) mass is 406 g/mol. The molecule has 148 valence electrons. The second-order valence-corrected chi connectivity index (χ2v) is 8.05. The van der Waals surface area contributed by atoms with Crippen LogP contribution in [-0.4, -0.2) is 33.2 Å². The van der Waals surface area contributed by atoms with Crippen LogP contribution in [0.2, 0.25) is 0 Å². The van der Waals surface area contributed by atoms with Crippen LogP contribution in [0, 0.1) is 0 Å². The second kappa shape index (κ2) is 8.96. The van der Waals surface area contributed by atoms with Gasteiger partial charge in [0.25, 0.3) is 5.91 Å². The normalized spacial score (nSPS) is 13.0. The number of aryl methyl sites for hydroxylation is 1. The van der Waals surface area contributed by atoms with Crippen molar-refractivity contribution >= 4 is 28.3 Å². The van der Waals surface area contributed by atoms with Gasteiger partial charge in [-0.25, -0.2) is 4.98 Å². The van der Waals surface area contributed by atoms with E-state index in [2.05, 4.69) is 27.4 Å². The Hall–Kier alpha value is -3.06. The molecule has 1 N–H and O–H groups in total. The predicted octanol–water partition coefficient (Wildman–Crippen LogP) is 3.70. The molecule has 0 radical (unpaired) electrons. The van der Waals surface area contributed by atoms with Gasteiger partial charge in [0.05, 0.1) is 12.2 Å². The van der Waals surface area contributed by atoms with Gasteiger partial charge in [0.2, 0.25) is 5.91 Å². The molecule has 0 aliphatic carbocycles. The number of hydrogen-bond donors (Lipinski definition) is 1. The van der Waals surface area contributed by atoms with E-state index in [0.29, 0.717) is 30.3 Å². The molecule has 0 saturated carbocycles. The van der Waals surface area contributed by atoms with Gasteiger partial charge >= 0.3 is 0 Å². The molecule has 1 aromatic carbocycles. The molecule has 0 atom stereocenters. The molecular formula is C22H22N4O2S. The summed E-state index contributed by atoms with van der Waals surface area (Å²) in [5.74, 6) is -0.0930. The van der Waals surface area contributed by atoms with Crippen molar-refractivity contribution < 1.29 is 9.59 Å². The Morgan fingerprint density at radius 2 is 1.93 bits per heavy atom. The van der Waals surface area contributed by atoms with E-state index in [1.54, 1.807) is 24.4 Å². The number of amides is 2. The highest BCUT2D eigenvalue weighted by molar-refractivity contribution is 7.15. The number of carbonyl (C=O) groups excluding carboxylic acids is 2. The standard InChI is InChI=1S/C22H22N4O2S/c27-20(11-6-9-16-7-2-1-3-8-16)26-14-12-17-19(15-26)29-22(24-17)25-21(28)18-10-4-5-13-23-18/h1-5,7-8,10,13H,6,9,11-12,14-15H2,(H,24,25,28). The minimum Gasteiger partial charge on any atom is -0.337 e. The van der Waals surface area contributed by atoms with Crippen LogP contribution >= 0.6 is 11.3 Å². The maximum atomic E-state index is 12.6. The molecule has 7 heteroatoms. The summed E-state index contributed by atoms with van der Waals surface area (Å²) in [5, 5.41) is 3.37. The minimum absolute atomic E-state index is 0.180. The zero-order valence-electron chi connectivity index (χ0n) is 16.0. The van der Waals surface area contributed by atoms with Gasteiger partial charge in [0.1, 0.15) is 5.69 Å². The van der Waals surface area contributed by atoms with Crippen LogP contribution < -0.4 is 5.32 Å². The van der Waals surface area contributed by atoms with Crippen LogP contribution in [0.4, 0.5) is 5.13 Å². The topological polar surface area (TPSA) is 75.2 Å². The Labute approximate surface area is 173 Å². The maximum Gasteiger partial charge on any atom is 0.276 e. The van der Waals surface area contributed by atoms with Crippen molar-refractivity contribution in [3.8, 4) is 0 Å². The van der Waals surface area contributed by atoms with Crippen LogP contribution in [-0.2, 0) is 24.2 Å². The lowest BCUT2D eigenvalue weighted by molar-refractivity contribution is -0.132. The van der Waals surface area contributed by atoms with Crippen LogP contribution in [0.25, 0.3) is 0 Å². The van der Waals surface area contributed by atoms with Crippen molar-refractivity contribution in [2.75, 3.05) is 11.9 Å². The first kappa shape index (κ1) is 19.3. The van der Waals surface area contributed by atoms with E-state index in [4.69, 9.17) is 0 Å². The van der Waals surface area contributed by atoms with Gasteiger partial charge in [0, 0.05) is 30.5 Å². The number of anilines is 1. The van der Waals surface area contributed by atoms with Crippen LogP contribution in [0.1, 0.15) is 39.5 Å². The molecule has 0 bridgehead atoms. The fraction of sp³-hybridized carbons (Fsp3) is 0.273. The summed E-state index contributed by atoms with van der Waals surface area (Å²) in [5.41, 5.74) is 2.59.